The highest BCUT2D eigenvalue weighted by Gasteiger charge is 2.31. The average molecular weight is 659 g/mol. The van der Waals surface area contributed by atoms with E-state index in [2.05, 4.69) is 25.5 Å². The molecule has 0 spiro atoms. The molecule has 254 valence electrons. The van der Waals surface area contributed by atoms with Gasteiger partial charge >= 0.3 is 0 Å². The number of anilines is 1. The molecular formula is C36H43FN6O5. The number of hydrogen-bond acceptors (Lipinski definition) is 9. The summed E-state index contributed by atoms with van der Waals surface area (Å²) in [5, 5.41) is 7.14. The summed E-state index contributed by atoms with van der Waals surface area (Å²) in [5.74, 6) is 0.961. The normalized spacial score (nSPS) is 18.1. The van der Waals surface area contributed by atoms with E-state index in [1.807, 2.05) is 0 Å². The van der Waals surface area contributed by atoms with Crippen LogP contribution in [0.5, 0.6) is 23.0 Å². The molecule has 2 fully saturated rings. The van der Waals surface area contributed by atoms with Gasteiger partial charge in [0.25, 0.3) is 5.56 Å². The van der Waals surface area contributed by atoms with Gasteiger partial charge in [-0.25, -0.2) is 9.37 Å². The Hall–Kier alpha value is -4.71. The van der Waals surface area contributed by atoms with E-state index < -0.39 is 5.82 Å². The molecule has 2 aromatic heterocycles. The first-order valence-electron chi connectivity index (χ1n) is 16.7. The lowest BCUT2D eigenvalue weighted by atomic mass is 9.84. The second-order valence-corrected chi connectivity index (χ2v) is 12.5. The standard InChI is InChI=1S/C36H43FN6O5/c1-42-35(45)26(22-40-36(42)41-28-10-5-4-9-24(28)34(44)39-14-8-18-43-16-6-7-17-43)23-11-12-31(27(37)19-23)48-30-13-15-38-29-21-33(47-3)32(46-2)20-25(29)30/h11-13,15,19-22,24,28H,4-10,14,16-18H2,1-3H3,(H,39,44)(H,40,41)/t24-,28+/m0/s1. The van der Waals surface area contributed by atoms with Crippen molar-refractivity contribution in [2.45, 2.75) is 51.0 Å². The third kappa shape index (κ3) is 7.23. The van der Waals surface area contributed by atoms with Crippen LogP contribution in [0.3, 0.4) is 0 Å². The van der Waals surface area contributed by atoms with Crippen LogP contribution >= 0.6 is 0 Å². The van der Waals surface area contributed by atoms with Gasteiger partial charge in [0.15, 0.2) is 23.1 Å². The highest BCUT2D eigenvalue weighted by molar-refractivity contribution is 5.88. The molecule has 0 unspecified atom stereocenters. The fraction of sp³-hybridized carbons (Fsp3) is 0.444. The quantitative estimate of drug-likeness (QED) is 0.190. The van der Waals surface area contributed by atoms with Crippen LogP contribution in [-0.2, 0) is 11.8 Å². The fourth-order valence-electron chi connectivity index (χ4n) is 6.72. The molecule has 2 atom stereocenters. The van der Waals surface area contributed by atoms with Gasteiger partial charge in [-0.2, -0.15) is 0 Å². The Morgan fingerprint density at radius 2 is 1.73 bits per heavy atom. The van der Waals surface area contributed by atoms with E-state index in [-0.39, 0.29) is 34.7 Å². The third-order valence-corrected chi connectivity index (χ3v) is 9.40. The molecule has 3 heterocycles. The van der Waals surface area contributed by atoms with E-state index in [1.165, 1.54) is 42.8 Å². The first-order chi connectivity index (χ1) is 23.4. The minimum atomic E-state index is -0.640. The summed E-state index contributed by atoms with van der Waals surface area (Å²) in [5.41, 5.74) is 0.879. The number of nitrogens with zero attached hydrogens (tertiary/aromatic N) is 4. The molecule has 48 heavy (non-hydrogen) atoms. The van der Waals surface area contributed by atoms with Crippen LogP contribution in [-0.4, -0.2) is 71.8 Å². The molecule has 2 N–H and O–H groups in total. The smallest absolute Gasteiger partial charge is 0.262 e. The predicted molar refractivity (Wildman–Crippen MR) is 182 cm³/mol. The van der Waals surface area contributed by atoms with Gasteiger partial charge in [0, 0.05) is 43.5 Å². The molecule has 2 aromatic carbocycles. The van der Waals surface area contributed by atoms with Crippen molar-refractivity contribution in [3.63, 3.8) is 0 Å². The number of likely N-dealkylation sites (tertiary alicyclic amines) is 1. The van der Waals surface area contributed by atoms with Crippen LogP contribution in [0.1, 0.15) is 44.9 Å². The van der Waals surface area contributed by atoms with Gasteiger partial charge in [0.2, 0.25) is 11.9 Å². The first kappa shape index (κ1) is 33.2. The molecule has 6 rings (SSSR count). The molecule has 2 aliphatic rings. The van der Waals surface area contributed by atoms with Crippen molar-refractivity contribution in [2.75, 3.05) is 45.7 Å². The number of hydrogen-bond donors (Lipinski definition) is 2. The second kappa shape index (κ2) is 15.0. The number of aromatic nitrogens is 3. The molecule has 11 nitrogen and oxygen atoms in total. The maximum absolute atomic E-state index is 15.4. The monoisotopic (exact) mass is 658 g/mol. The lowest BCUT2D eigenvalue weighted by molar-refractivity contribution is -0.126. The number of pyridine rings is 1. The molecule has 1 aliphatic heterocycles. The van der Waals surface area contributed by atoms with Crippen LogP contribution in [0.4, 0.5) is 10.3 Å². The van der Waals surface area contributed by atoms with E-state index in [1.54, 1.807) is 44.6 Å². The number of amides is 1. The van der Waals surface area contributed by atoms with Gasteiger partial charge < -0.3 is 29.7 Å². The third-order valence-electron chi connectivity index (χ3n) is 9.40. The maximum Gasteiger partial charge on any atom is 0.262 e. The van der Waals surface area contributed by atoms with Crippen molar-refractivity contribution in [2.24, 2.45) is 13.0 Å². The topological polar surface area (TPSA) is 120 Å². The number of benzene rings is 2. The summed E-state index contributed by atoms with van der Waals surface area (Å²) in [6, 6.07) is 9.33. The van der Waals surface area contributed by atoms with Crippen LogP contribution in [0.15, 0.2) is 53.6 Å². The largest absolute Gasteiger partial charge is 0.493 e. The van der Waals surface area contributed by atoms with Crippen molar-refractivity contribution in [3.8, 4) is 34.1 Å². The predicted octanol–water partition coefficient (Wildman–Crippen LogP) is 5.52. The van der Waals surface area contributed by atoms with Crippen LogP contribution in [0, 0.1) is 11.7 Å². The van der Waals surface area contributed by atoms with E-state index in [0.717, 1.165) is 51.7 Å². The molecule has 4 aromatic rings. The number of halogens is 1. The van der Waals surface area contributed by atoms with Crippen molar-refractivity contribution in [3.05, 3.63) is 65.0 Å². The van der Waals surface area contributed by atoms with Gasteiger partial charge in [-0.1, -0.05) is 18.9 Å². The Bertz CT molecular complexity index is 1830. The highest BCUT2D eigenvalue weighted by Crippen LogP contribution is 2.38. The molecular weight excluding hydrogens is 615 g/mol. The summed E-state index contributed by atoms with van der Waals surface area (Å²) in [4.78, 5) is 38.0. The fourth-order valence-corrected chi connectivity index (χ4v) is 6.72. The maximum atomic E-state index is 15.4. The molecule has 1 saturated carbocycles. The van der Waals surface area contributed by atoms with Crippen LogP contribution in [0.25, 0.3) is 22.0 Å². The molecule has 1 amide bonds. The van der Waals surface area contributed by atoms with Crippen molar-refractivity contribution in [1.82, 2.24) is 24.8 Å². The van der Waals surface area contributed by atoms with Gasteiger partial charge in [-0.15, -0.1) is 0 Å². The molecule has 1 aliphatic carbocycles. The van der Waals surface area contributed by atoms with Crippen molar-refractivity contribution in [1.29, 1.82) is 0 Å². The van der Waals surface area contributed by atoms with Crippen LogP contribution in [0.2, 0.25) is 0 Å². The van der Waals surface area contributed by atoms with E-state index in [9.17, 15) is 9.59 Å². The highest BCUT2D eigenvalue weighted by atomic mass is 19.1. The van der Waals surface area contributed by atoms with E-state index in [0.29, 0.717) is 46.2 Å². The molecule has 0 radical (unpaired) electrons. The second-order valence-electron chi connectivity index (χ2n) is 12.5. The number of carbonyl (C=O) groups is 1. The average Bonchev–Trinajstić information content (AvgIpc) is 3.63. The van der Waals surface area contributed by atoms with E-state index in [4.69, 9.17) is 14.2 Å². The number of ether oxygens (including phenoxy) is 3. The zero-order chi connectivity index (χ0) is 33.6. The number of rotatable bonds is 12. The number of nitrogens with one attached hydrogen (secondary N) is 2. The Labute approximate surface area is 279 Å². The van der Waals surface area contributed by atoms with Crippen molar-refractivity contribution >= 4 is 22.8 Å². The first-order valence-corrected chi connectivity index (χ1v) is 16.7. The zero-order valence-corrected chi connectivity index (χ0v) is 27.8. The number of methoxy groups -OCH3 is 2. The lowest BCUT2D eigenvalue weighted by Crippen LogP contribution is -2.44. The van der Waals surface area contributed by atoms with Gasteiger partial charge in [-0.3, -0.25) is 19.1 Å². The summed E-state index contributed by atoms with van der Waals surface area (Å²) in [6.07, 6.45) is 10.0. The van der Waals surface area contributed by atoms with Gasteiger partial charge in [0.1, 0.15) is 5.75 Å². The lowest BCUT2D eigenvalue weighted by Gasteiger charge is -2.32. The van der Waals surface area contributed by atoms with Crippen LogP contribution < -0.4 is 30.4 Å². The Morgan fingerprint density at radius 3 is 2.50 bits per heavy atom. The minimum Gasteiger partial charge on any atom is -0.493 e. The van der Waals surface area contributed by atoms with E-state index >= 15 is 4.39 Å². The Balaban J connectivity index is 1.14. The summed E-state index contributed by atoms with van der Waals surface area (Å²) in [7, 11) is 4.70. The number of fused-ring (bicyclic) bond motifs is 1. The summed E-state index contributed by atoms with van der Waals surface area (Å²) >= 11 is 0. The molecule has 12 heteroatoms. The van der Waals surface area contributed by atoms with Crippen molar-refractivity contribution < 1.29 is 23.4 Å². The molecule has 1 saturated heterocycles. The SMILES string of the molecule is COc1cc2nccc(Oc3ccc(-c4cnc(N[C@@H]5CCCC[C@@H]5C(=O)NCCCN5CCCC5)n(C)c4=O)cc3F)c2cc1OC. The summed E-state index contributed by atoms with van der Waals surface area (Å²) < 4.78 is 33.6. The zero-order valence-electron chi connectivity index (χ0n) is 27.8. The summed E-state index contributed by atoms with van der Waals surface area (Å²) in [6.45, 7) is 3.98. The molecule has 0 bridgehead atoms. The van der Waals surface area contributed by atoms with Gasteiger partial charge in [0.05, 0.1) is 31.2 Å². The Kier molecular flexibility index (Phi) is 10.4. The van der Waals surface area contributed by atoms with Gasteiger partial charge in [-0.05, 0) is 81.6 Å². The Morgan fingerprint density at radius 1 is 0.958 bits per heavy atom. The minimum absolute atomic E-state index is 0.0123. The number of carbonyl (C=O) groups excluding carboxylic acids is 1.